The molecule has 0 spiro atoms. The zero-order valence-electron chi connectivity index (χ0n) is 14.5. The predicted molar refractivity (Wildman–Crippen MR) is 107 cm³/mol. The van der Waals surface area contributed by atoms with Gasteiger partial charge in [0.1, 0.15) is 5.84 Å². The fourth-order valence-corrected chi connectivity index (χ4v) is 4.77. The van der Waals surface area contributed by atoms with Gasteiger partial charge in [0, 0.05) is 12.0 Å². The lowest BCUT2D eigenvalue weighted by Crippen LogP contribution is -2.26. The van der Waals surface area contributed by atoms with Crippen LogP contribution in [-0.2, 0) is 17.6 Å². The fraction of sp³-hybridized carbons (Fsp3) is 0.389. The fourth-order valence-electron chi connectivity index (χ4n) is 3.26. The summed E-state index contributed by atoms with van der Waals surface area (Å²) in [4.78, 5) is 35.9. The molecule has 27 heavy (non-hydrogen) atoms. The lowest BCUT2D eigenvalue weighted by molar-refractivity contribution is -0.118. The van der Waals surface area contributed by atoms with Crippen molar-refractivity contribution in [1.82, 2.24) is 10.6 Å². The van der Waals surface area contributed by atoms with Gasteiger partial charge < -0.3 is 10.6 Å². The number of benzene rings is 1. The summed E-state index contributed by atoms with van der Waals surface area (Å²) >= 11 is 2.31. The molecule has 7 nitrogen and oxygen atoms in total. The van der Waals surface area contributed by atoms with Crippen LogP contribution < -0.4 is 10.6 Å². The van der Waals surface area contributed by atoms with Gasteiger partial charge in [-0.05, 0) is 42.9 Å². The van der Waals surface area contributed by atoms with Gasteiger partial charge in [0.15, 0.2) is 11.0 Å². The van der Waals surface area contributed by atoms with Crippen LogP contribution >= 0.6 is 23.5 Å². The molecule has 2 N–H and O–H groups in total. The standard InChI is InChI=1S/C18H18N4O3S2/c23-13(12-6-5-10-3-1-2-4-11(10)7-12)8-14-16(24)20-17(27-14)22-21-15-9-26-18(25)19-15/h5-7,14H,1-4,8-9H2,(H,19,21,25)(H,20,22,24)/t14-/m1/s1. The van der Waals surface area contributed by atoms with E-state index in [4.69, 9.17) is 0 Å². The van der Waals surface area contributed by atoms with Gasteiger partial charge >= 0.3 is 0 Å². The average Bonchev–Trinajstić information content (AvgIpc) is 3.25. The smallest absolute Gasteiger partial charge is 0.284 e. The molecule has 9 heteroatoms. The molecule has 3 aliphatic rings. The lowest BCUT2D eigenvalue weighted by atomic mass is 9.89. The van der Waals surface area contributed by atoms with Gasteiger partial charge in [-0.1, -0.05) is 35.7 Å². The SMILES string of the molecule is O=C1N/C(=N/N=C2\NC(=O)[C@@H](CC(=O)c3ccc4c(c3)CCCC4)S2)CS1. The van der Waals surface area contributed by atoms with E-state index in [-0.39, 0.29) is 23.4 Å². The average molecular weight is 403 g/mol. The number of carbonyl (C=O) groups is 3. The number of amidine groups is 2. The molecule has 1 atom stereocenters. The van der Waals surface area contributed by atoms with Crippen molar-refractivity contribution in [3.63, 3.8) is 0 Å². The van der Waals surface area contributed by atoms with Crippen molar-refractivity contribution in [3.8, 4) is 0 Å². The predicted octanol–water partition coefficient (Wildman–Crippen LogP) is 2.50. The number of rotatable bonds is 4. The van der Waals surface area contributed by atoms with Crippen molar-refractivity contribution < 1.29 is 14.4 Å². The zero-order chi connectivity index (χ0) is 18.8. The number of fused-ring (bicyclic) bond motifs is 1. The van der Waals surface area contributed by atoms with E-state index in [1.54, 1.807) is 0 Å². The minimum atomic E-state index is -0.514. The van der Waals surface area contributed by atoms with E-state index in [0.29, 0.717) is 22.3 Å². The zero-order valence-corrected chi connectivity index (χ0v) is 16.1. The van der Waals surface area contributed by atoms with Crippen molar-refractivity contribution >= 4 is 51.5 Å². The third-order valence-electron chi connectivity index (χ3n) is 4.67. The molecule has 140 valence electrons. The Bertz CT molecular complexity index is 881. The van der Waals surface area contributed by atoms with Gasteiger partial charge in [0.05, 0.1) is 11.0 Å². The number of nitrogens with one attached hydrogen (secondary N) is 2. The molecule has 2 aliphatic heterocycles. The second-order valence-corrected chi connectivity index (χ2v) is 8.71. The monoisotopic (exact) mass is 402 g/mol. The minimum Gasteiger partial charge on any atom is -0.303 e. The first-order valence-corrected chi connectivity index (χ1v) is 10.7. The lowest BCUT2D eigenvalue weighted by Gasteiger charge is -2.16. The summed E-state index contributed by atoms with van der Waals surface area (Å²) in [5.41, 5.74) is 3.25. The van der Waals surface area contributed by atoms with E-state index >= 15 is 0 Å². The Kier molecular flexibility index (Phi) is 5.31. The van der Waals surface area contributed by atoms with E-state index < -0.39 is 5.25 Å². The van der Waals surface area contributed by atoms with E-state index in [0.717, 1.165) is 31.0 Å². The molecular formula is C18H18N4O3S2. The van der Waals surface area contributed by atoms with Crippen LogP contribution in [0.2, 0.25) is 0 Å². The van der Waals surface area contributed by atoms with Crippen molar-refractivity contribution in [2.75, 3.05) is 5.75 Å². The highest BCUT2D eigenvalue weighted by atomic mass is 32.2. The van der Waals surface area contributed by atoms with Gasteiger partial charge in [0.25, 0.3) is 5.24 Å². The van der Waals surface area contributed by atoms with Gasteiger partial charge in [0.2, 0.25) is 5.91 Å². The van der Waals surface area contributed by atoms with Crippen LogP contribution in [0.4, 0.5) is 4.79 Å². The summed E-state index contributed by atoms with van der Waals surface area (Å²) in [5.74, 6) is 0.619. The van der Waals surface area contributed by atoms with E-state index in [2.05, 4.69) is 20.8 Å². The van der Waals surface area contributed by atoms with Crippen LogP contribution in [0, 0.1) is 0 Å². The van der Waals surface area contributed by atoms with Gasteiger partial charge in [-0.15, -0.1) is 10.2 Å². The van der Waals surface area contributed by atoms with E-state index in [1.165, 1.54) is 29.3 Å². The van der Waals surface area contributed by atoms with Crippen LogP contribution in [-0.4, -0.2) is 38.9 Å². The van der Waals surface area contributed by atoms with Crippen molar-refractivity contribution in [2.24, 2.45) is 10.2 Å². The topological polar surface area (TPSA) is 100.0 Å². The van der Waals surface area contributed by atoms with Crippen LogP contribution in [0.5, 0.6) is 0 Å². The third kappa shape index (κ3) is 4.24. The molecule has 0 unspecified atom stereocenters. The highest BCUT2D eigenvalue weighted by Gasteiger charge is 2.32. The molecule has 2 saturated heterocycles. The quantitative estimate of drug-likeness (QED) is 0.595. The Balaban J connectivity index is 1.40. The van der Waals surface area contributed by atoms with Crippen LogP contribution in [0.15, 0.2) is 28.4 Å². The first-order valence-electron chi connectivity index (χ1n) is 8.79. The van der Waals surface area contributed by atoms with Crippen LogP contribution in [0.1, 0.15) is 40.7 Å². The molecule has 0 saturated carbocycles. The van der Waals surface area contributed by atoms with E-state index in [1.807, 2.05) is 18.2 Å². The number of Topliss-reactive ketones (excluding diaryl/α,β-unsaturated/α-hetero) is 1. The molecule has 2 amide bonds. The number of carbonyl (C=O) groups excluding carboxylic acids is 3. The van der Waals surface area contributed by atoms with Crippen LogP contribution in [0.25, 0.3) is 0 Å². The maximum atomic E-state index is 12.6. The number of amides is 2. The van der Waals surface area contributed by atoms with Crippen molar-refractivity contribution in [1.29, 1.82) is 0 Å². The Hall–Kier alpha value is -2.13. The Morgan fingerprint density at radius 3 is 2.70 bits per heavy atom. The molecule has 0 bridgehead atoms. The van der Waals surface area contributed by atoms with Crippen LogP contribution in [0.3, 0.4) is 0 Å². The minimum absolute atomic E-state index is 0.0388. The maximum absolute atomic E-state index is 12.6. The molecule has 1 aromatic carbocycles. The summed E-state index contributed by atoms with van der Waals surface area (Å²) in [5, 5.41) is 12.8. The molecule has 4 rings (SSSR count). The highest BCUT2D eigenvalue weighted by Crippen LogP contribution is 2.26. The Morgan fingerprint density at radius 1 is 1.11 bits per heavy atom. The second kappa shape index (κ2) is 7.85. The molecular weight excluding hydrogens is 384 g/mol. The second-order valence-electron chi connectivity index (χ2n) is 6.57. The normalized spacial score (nSPS) is 24.8. The summed E-state index contributed by atoms with van der Waals surface area (Å²) in [7, 11) is 0. The molecule has 1 aromatic rings. The van der Waals surface area contributed by atoms with E-state index in [9.17, 15) is 14.4 Å². The number of nitrogens with zero attached hydrogens (tertiary/aromatic N) is 2. The Labute approximate surface area is 164 Å². The molecule has 0 radical (unpaired) electrons. The van der Waals surface area contributed by atoms with Gasteiger partial charge in [-0.2, -0.15) is 0 Å². The summed E-state index contributed by atoms with van der Waals surface area (Å²) in [6, 6.07) is 5.89. The van der Waals surface area contributed by atoms with Crippen molar-refractivity contribution in [2.45, 2.75) is 37.4 Å². The molecule has 2 heterocycles. The van der Waals surface area contributed by atoms with Gasteiger partial charge in [-0.3, -0.25) is 14.4 Å². The number of thioether (sulfide) groups is 2. The van der Waals surface area contributed by atoms with Crippen molar-refractivity contribution in [3.05, 3.63) is 34.9 Å². The number of ketones is 1. The first-order chi connectivity index (χ1) is 13.1. The molecule has 0 aromatic heterocycles. The summed E-state index contributed by atoms with van der Waals surface area (Å²) in [6.45, 7) is 0. The van der Waals surface area contributed by atoms with Gasteiger partial charge in [-0.25, -0.2) is 0 Å². The highest BCUT2D eigenvalue weighted by molar-refractivity contribution is 8.15. The third-order valence-corrected chi connectivity index (χ3v) is 6.52. The Morgan fingerprint density at radius 2 is 1.93 bits per heavy atom. The summed E-state index contributed by atoms with van der Waals surface area (Å²) in [6.07, 6.45) is 4.57. The number of aryl methyl sites for hydroxylation is 2. The summed E-state index contributed by atoms with van der Waals surface area (Å²) < 4.78 is 0. The molecule has 2 fully saturated rings. The largest absolute Gasteiger partial charge is 0.303 e. The first kappa shape index (κ1) is 18.2. The number of hydrogen-bond donors (Lipinski definition) is 2. The maximum Gasteiger partial charge on any atom is 0.284 e. The number of hydrogen-bond acceptors (Lipinski definition) is 7. The molecule has 1 aliphatic carbocycles.